The third-order valence-electron chi connectivity index (χ3n) is 4.06. The molecule has 4 aromatic rings. The summed E-state index contributed by atoms with van der Waals surface area (Å²) in [5, 5.41) is 3.85. The Hall–Kier alpha value is -3.08. The smallest absolute Gasteiger partial charge is 0.248 e. The van der Waals surface area contributed by atoms with Gasteiger partial charge in [0.1, 0.15) is 5.52 Å². The zero-order chi connectivity index (χ0) is 19.5. The van der Waals surface area contributed by atoms with Crippen molar-refractivity contribution in [3.05, 3.63) is 88.4 Å². The van der Waals surface area contributed by atoms with Crippen LogP contribution < -0.4 is 5.32 Å². The van der Waals surface area contributed by atoms with Crippen LogP contribution in [0, 0.1) is 0 Å². The van der Waals surface area contributed by atoms with Crippen molar-refractivity contribution in [2.24, 2.45) is 0 Å². The summed E-state index contributed by atoms with van der Waals surface area (Å²) in [5.41, 5.74) is 3.53. The average molecular weight is 409 g/mol. The normalized spacial score (nSPS) is 11.2. The van der Waals surface area contributed by atoms with Crippen LogP contribution in [0.2, 0.25) is 10.0 Å². The first-order valence-corrected chi connectivity index (χ1v) is 9.24. The Labute approximate surface area is 171 Å². The Balaban J connectivity index is 1.55. The maximum absolute atomic E-state index is 12.3. The van der Waals surface area contributed by atoms with Crippen molar-refractivity contribution in [3.63, 3.8) is 0 Å². The largest absolute Gasteiger partial charge is 0.436 e. The van der Waals surface area contributed by atoms with Gasteiger partial charge in [0.25, 0.3) is 0 Å². The van der Waals surface area contributed by atoms with E-state index in [1.165, 1.54) is 6.08 Å². The molecule has 0 saturated carbocycles. The lowest BCUT2D eigenvalue weighted by atomic mass is 10.2. The highest BCUT2D eigenvalue weighted by atomic mass is 35.5. The number of oxazole rings is 1. The van der Waals surface area contributed by atoms with E-state index in [-0.39, 0.29) is 5.91 Å². The molecule has 0 aliphatic rings. The highest BCUT2D eigenvalue weighted by molar-refractivity contribution is 6.34. The fourth-order valence-electron chi connectivity index (χ4n) is 2.67. The minimum atomic E-state index is -0.299. The van der Waals surface area contributed by atoms with Gasteiger partial charge in [-0.25, -0.2) is 4.98 Å². The lowest BCUT2D eigenvalue weighted by Gasteiger charge is -2.06. The van der Waals surface area contributed by atoms with Crippen LogP contribution in [0.1, 0.15) is 5.56 Å². The van der Waals surface area contributed by atoms with Crippen LogP contribution in [0.3, 0.4) is 0 Å². The van der Waals surface area contributed by atoms with E-state index in [9.17, 15) is 4.79 Å². The molecule has 1 N–H and O–H groups in total. The molecule has 1 amide bonds. The SMILES string of the molecule is O=C(C=Cc1ccc(Cl)cc1)Nc1cc(-c2nc3ccccc3o2)ccc1Cl. The molecule has 0 aliphatic carbocycles. The molecule has 6 heteroatoms. The van der Waals surface area contributed by atoms with Crippen molar-refractivity contribution < 1.29 is 9.21 Å². The Morgan fingerprint density at radius 3 is 2.57 bits per heavy atom. The molecule has 0 aliphatic heterocycles. The number of hydrogen-bond donors (Lipinski definition) is 1. The van der Waals surface area contributed by atoms with Crippen LogP contribution in [0.5, 0.6) is 0 Å². The molecule has 0 fully saturated rings. The number of nitrogens with one attached hydrogen (secondary N) is 1. The number of para-hydroxylation sites is 2. The minimum absolute atomic E-state index is 0.299. The quantitative estimate of drug-likeness (QED) is 0.394. The number of anilines is 1. The third kappa shape index (κ3) is 4.09. The number of fused-ring (bicyclic) bond motifs is 1. The van der Waals surface area contributed by atoms with Gasteiger partial charge in [-0.1, -0.05) is 47.5 Å². The van der Waals surface area contributed by atoms with E-state index in [4.69, 9.17) is 27.6 Å². The molecule has 28 heavy (non-hydrogen) atoms. The topological polar surface area (TPSA) is 55.1 Å². The van der Waals surface area contributed by atoms with Crippen molar-refractivity contribution in [1.82, 2.24) is 4.98 Å². The number of benzene rings is 3. The highest BCUT2D eigenvalue weighted by Crippen LogP contribution is 2.30. The van der Waals surface area contributed by atoms with Gasteiger partial charge in [0.05, 0.1) is 10.7 Å². The first-order chi connectivity index (χ1) is 13.6. The Kier molecular flexibility index (Phi) is 5.15. The summed E-state index contributed by atoms with van der Waals surface area (Å²) in [6, 6.07) is 19.9. The van der Waals surface area contributed by atoms with Crippen LogP contribution in [-0.4, -0.2) is 10.9 Å². The molecule has 0 radical (unpaired) electrons. The molecule has 138 valence electrons. The zero-order valence-electron chi connectivity index (χ0n) is 14.5. The van der Waals surface area contributed by atoms with Gasteiger partial charge in [0, 0.05) is 16.7 Å². The zero-order valence-corrected chi connectivity index (χ0v) is 16.0. The lowest BCUT2D eigenvalue weighted by Crippen LogP contribution is -2.08. The fraction of sp³-hybridized carbons (Fsp3) is 0. The summed E-state index contributed by atoms with van der Waals surface area (Å²) in [6.07, 6.45) is 3.13. The molecule has 4 rings (SSSR count). The van der Waals surface area contributed by atoms with Gasteiger partial charge in [-0.3, -0.25) is 4.79 Å². The second-order valence-electron chi connectivity index (χ2n) is 6.06. The van der Waals surface area contributed by atoms with Gasteiger partial charge in [0.15, 0.2) is 5.58 Å². The number of amides is 1. The van der Waals surface area contributed by atoms with Crippen molar-refractivity contribution in [2.45, 2.75) is 0 Å². The number of hydrogen-bond acceptors (Lipinski definition) is 3. The molecule has 0 atom stereocenters. The molecule has 0 unspecified atom stereocenters. The molecular weight excluding hydrogens is 395 g/mol. The predicted octanol–water partition coefficient (Wildman–Crippen LogP) is 6.45. The van der Waals surface area contributed by atoms with Crippen molar-refractivity contribution in [3.8, 4) is 11.5 Å². The molecule has 0 bridgehead atoms. The van der Waals surface area contributed by atoms with Crippen LogP contribution in [0.15, 0.2) is 77.2 Å². The first kappa shape index (κ1) is 18.3. The van der Waals surface area contributed by atoms with Gasteiger partial charge in [-0.2, -0.15) is 0 Å². The summed E-state index contributed by atoms with van der Waals surface area (Å²) < 4.78 is 5.78. The summed E-state index contributed by atoms with van der Waals surface area (Å²) in [4.78, 5) is 16.7. The van der Waals surface area contributed by atoms with E-state index < -0.39 is 0 Å². The van der Waals surface area contributed by atoms with E-state index in [2.05, 4.69) is 10.3 Å². The van der Waals surface area contributed by atoms with Gasteiger partial charge >= 0.3 is 0 Å². The summed E-state index contributed by atoms with van der Waals surface area (Å²) in [5.74, 6) is 0.164. The number of nitrogens with zero attached hydrogens (tertiary/aromatic N) is 1. The van der Waals surface area contributed by atoms with E-state index in [1.807, 2.05) is 36.4 Å². The monoisotopic (exact) mass is 408 g/mol. The van der Waals surface area contributed by atoms with Crippen LogP contribution in [0.4, 0.5) is 5.69 Å². The summed E-state index contributed by atoms with van der Waals surface area (Å²) in [6.45, 7) is 0. The first-order valence-electron chi connectivity index (χ1n) is 8.48. The predicted molar refractivity (Wildman–Crippen MR) is 114 cm³/mol. The molecular formula is C22H14Cl2N2O2. The van der Waals surface area contributed by atoms with Crippen molar-refractivity contribution in [2.75, 3.05) is 5.32 Å². The number of carbonyl (C=O) groups is 1. The minimum Gasteiger partial charge on any atom is -0.436 e. The van der Waals surface area contributed by atoms with Crippen molar-refractivity contribution >= 4 is 52.0 Å². The standard InChI is InChI=1S/C22H14Cl2N2O2/c23-16-9-5-14(6-10-16)7-12-21(27)25-19-13-15(8-11-17(19)24)22-26-18-3-1-2-4-20(18)28-22/h1-13H,(H,25,27). The lowest BCUT2D eigenvalue weighted by molar-refractivity contribution is -0.111. The molecule has 1 aromatic heterocycles. The summed E-state index contributed by atoms with van der Waals surface area (Å²) in [7, 11) is 0. The van der Waals surface area contributed by atoms with E-state index in [0.29, 0.717) is 27.2 Å². The molecule has 4 nitrogen and oxygen atoms in total. The van der Waals surface area contributed by atoms with Crippen LogP contribution in [-0.2, 0) is 4.79 Å². The second kappa shape index (κ2) is 7.89. The number of aromatic nitrogens is 1. The van der Waals surface area contributed by atoms with Gasteiger partial charge in [0.2, 0.25) is 11.8 Å². The van der Waals surface area contributed by atoms with Crippen LogP contribution in [0.25, 0.3) is 28.6 Å². The Bertz CT molecular complexity index is 1150. The van der Waals surface area contributed by atoms with Gasteiger partial charge < -0.3 is 9.73 Å². The number of carbonyl (C=O) groups excluding carboxylic acids is 1. The van der Waals surface area contributed by atoms with E-state index in [0.717, 1.165) is 16.6 Å². The average Bonchev–Trinajstić information content (AvgIpc) is 3.13. The third-order valence-corrected chi connectivity index (χ3v) is 4.64. The second-order valence-corrected chi connectivity index (χ2v) is 6.90. The Morgan fingerprint density at radius 1 is 1.00 bits per heavy atom. The van der Waals surface area contributed by atoms with Gasteiger partial charge in [-0.05, 0) is 54.1 Å². The Morgan fingerprint density at radius 2 is 1.79 bits per heavy atom. The van der Waals surface area contributed by atoms with Crippen LogP contribution >= 0.6 is 23.2 Å². The maximum atomic E-state index is 12.3. The number of rotatable bonds is 4. The van der Waals surface area contributed by atoms with E-state index in [1.54, 1.807) is 36.4 Å². The molecule has 0 spiro atoms. The maximum Gasteiger partial charge on any atom is 0.248 e. The fourth-order valence-corrected chi connectivity index (χ4v) is 2.96. The molecule has 0 saturated heterocycles. The highest BCUT2D eigenvalue weighted by Gasteiger charge is 2.11. The number of halogens is 2. The van der Waals surface area contributed by atoms with E-state index >= 15 is 0 Å². The van der Waals surface area contributed by atoms with Crippen molar-refractivity contribution in [1.29, 1.82) is 0 Å². The molecule has 3 aromatic carbocycles. The summed E-state index contributed by atoms with van der Waals surface area (Å²) >= 11 is 12.1. The van der Waals surface area contributed by atoms with Gasteiger partial charge in [-0.15, -0.1) is 0 Å². The molecule has 1 heterocycles.